The van der Waals surface area contributed by atoms with Gasteiger partial charge in [-0.15, -0.1) is 10.2 Å². The van der Waals surface area contributed by atoms with Gasteiger partial charge in [-0.1, -0.05) is 42.4 Å². The molecule has 2 aromatic rings. The molecule has 0 bridgehead atoms. The summed E-state index contributed by atoms with van der Waals surface area (Å²) in [5.74, 6) is 4.70. The predicted molar refractivity (Wildman–Crippen MR) is 106 cm³/mol. The molecule has 0 radical (unpaired) electrons. The van der Waals surface area contributed by atoms with Crippen molar-refractivity contribution in [1.82, 2.24) is 5.32 Å². The second kappa shape index (κ2) is 8.46. The van der Waals surface area contributed by atoms with Gasteiger partial charge in [0.05, 0.1) is 0 Å². The minimum Gasteiger partial charge on any atom is -0.478 e. The van der Waals surface area contributed by atoms with E-state index in [1.165, 1.54) is 0 Å². The molecule has 0 aliphatic carbocycles. The van der Waals surface area contributed by atoms with Gasteiger partial charge in [-0.25, -0.2) is 5.53 Å². The third-order valence-corrected chi connectivity index (χ3v) is 4.02. The molecular weight excluding hydrogens is 366 g/mol. The standard InChI is InChI=1S/C19H20ClN5O2/c1-12(13-4-8-15(20)9-5-13)14-6-10-16(11-7-14)27-19(2,3)17(26)23-18(24-21)25-22/h4-11,21H,1,22H2,2-3H3,(H,23,25,26). The predicted octanol–water partition coefficient (Wildman–Crippen LogP) is 3.94. The van der Waals surface area contributed by atoms with Gasteiger partial charge in [-0.3, -0.25) is 10.1 Å². The van der Waals surface area contributed by atoms with Crippen molar-refractivity contribution in [2.45, 2.75) is 19.4 Å². The minimum absolute atomic E-state index is 0.300. The van der Waals surface area contributed by atoms with Gasteiger partial charge in [-0.2, -0.15) is 0 Å². The molecule has 27 heavy (non-hydrogen) atoms. The lowest BCUT2D eigenvalue weighted by molar-refractivity contribution is -0.132. The van der Waals surface area contributed by atoms with Gasteiger partial charge in [0, 0.05) is 5.02 Å². The van der Waals surface area contributed by atoms with Crippen molar-refractivity contribution in [2.24, 2.45) is 16.1 Å². The molecule has 0 aliphatic heterocycles. The van der Waals surface area contributed by atoms with Crippen LogP contribution in [-0.2, 0) is 4.79 Å². The molecule has 0 spiro atoms. The number of nitrogens with two attached hydrogens (primary N) is 1. The summed E-state index contributed by atoms with van der Waals surface area (Å²) in [5.41, 5.74) is 8.36. The Morgan fingerprint density at radius 1 is 1.15 bits per heavy atom. The number of carbonyl (C=O) groups is 1. The number of benzene rings is 2. The number of rotatable bonds is 5. The number of amides is 1. The molecule has 2 rings (SSSR count). The van der Waals surface area contributed by atoms with Crippen LogP contribution in [0.3, 0.4) is 0 Å². The highest BCUT2D eigenvalue weighted by atomic mass is 35.5. The van der Waals surface area contributed by atoms with Crippen molar-refractivity contribution in [3.63, 3.8) is 0 Å². The zero-order chi connectivity index (χ0) is 20.0. The highest BCUT2D eigenvalue weighted by molar-refractivity contribution is 6.30. The number of hydrazone groups is 1. The summed E-state index contributed by atoms with van der Waals surface area (Å²) < 4.78 is 5.75. The quantitative estimate of drug-likeness (QED) is 0.238. The monoisotopic (exact) mass is 385 g/mol. The van der Waals surface area contributed by atoms with E-state index in [0.29, 0.717) is 10.8 Å². The Morgan fingerprint density at radius 2 is 1.67 bits per heavy atom. The molecule has 0 saturated carbocycles. The van der Waals surface area contributed by atoms with Gasteiger partial charge >= 0.3 is 0 Å². The Bertz CT molecular complexity index is 874. The van der Waals surface area contributed by atoms with Gasteiger partial charge in [0.15, 0.2) is 5.60 Å². The van der Waals surface area contributed by atoms with Crippen LogP contribution in [0.25, 0.3) is 5.57 Å². The third-order valence-electron chi connectivity index (χ3n) is 3.77. The van der Waals surface area contributed by atoms with Gasteiger partial charge in [0.1, 0.15) is 5.75 Å². The first kappa shape index (κ1) is 20.1. The van der Waals surface area contributed by atoms with Crippen molar-refractivity contribution in [1.29, 1.82) is 5.53 Å². The van der Waals surface area contributed by atoms with Gasteiger partial charge < -0.3 is 10.6 Å². The van der Waals surface area contributed by atoms with Gasteiger partial charge in [-0.05, 0) is 54.8 Å². The normalized spacial score (nSPS) is 11.6. The second-order valence-corrected chi connectivity index (χ2v) is 6.58. The molecule has 0 heterocycles. The van der Waals surface area contributed by atoms with E-state index < -0.39 is 11.5 Å². The maximum atomic E-state index is 12.2. The fourth-order valence-corrected chi connectivity index (χ4v) is 2.35. The summed E-state index contributed by atoms with van der Waals surface area (Å²) in [6, 6.07) is 14.6. The lowest BCUT2D eigenvalue weighted by Crippen LogP contribution is -2.48. The minimum atomic E-state index is -1.23. The highest BCUT2D eigenvalue weighted by Gasteiger charge is 2.31. The fourth-order valence-electron chi connectivity index (χ4n) is 2.22. The Morgan fingerprint density at radius 3 is 2.15 bits per heavy atom. The smallest absolute Gasteiger partial charge is 0.270 e. The van der Waals surface area contributed by atoms with Crippen LogP contribution in [0.4, 0.5) is 0 Å². The highest BCUT2D eigenvalue weighted by Crippen LogP contribution is 2.26. The zero-order valence-electron chi connectivity index (χ0n) is 15.0. The maximum absolute atomic E-state index is 12.2. The number of ether oxygens (including phenoxy) is 1. The van der Waals surface area contributed by atoms with Crippen molar-refractivity contribution in [3.8, 4) is 5.75 Å². The van der Waals surface area contributed by atoms with E-state index in [1.54, 1.807) is 26.0 Å². The summed E-state index contributed by atoms with van der Waals surface area (Å²) in [7, 11) is 0. The molecule has 1 amide bonds. The molecule has 140 valence electrons. The lowest BCUT2D eigenvalue weighted by atomic mass is 9.99. The molecular formula is C19H20ClN5O2. The Kier molecular flexibility index (Phi) is 6.31. The molecule has 0 aromatic heterocycles. The van der Waals surface area contributed by atoms with E-state index in [0.717, 1.165) is 16.7 Å². The van der Waals surface area contributed by atoms with Gasteiger partial charge in [0.2, 0.25) is 0 Å². The van der Waals surface area contributed by atoms with Crippen LogP contribution in [-0.4, -0.2) is 17.5 Å². The molecule has 0 atom stereocenters. The van der Waals surface area contributed by atoms with Crippen LogP contribution in [0.1, 0.15) is 25.0 Å². The molecule has 7 nitrogen and oxygen atoms in total. The largest absolute Gasteiger partial charge is 0.478 e. The summed E-state index contributed by atoms with van der Waals surface area (Å²) >= 11 is 5.91. The number of guanidine groups is 1. The topological polar surface area (TPSA) is 113 Å². The van der Waals surface area contributed by atoms with E-state index in [9.17, 15) is 4.79 Å². The van der Waals surface area contributed by atoms with Crippen LogP contribution in [0.15, 0.2) is 65.3 Å². The lowest BCUT2D eigenvalue weighted by Gasteiger charge is -2.25. The molecule has 0 unspecified atom stereocenters. The SMILES string of the molecule is C=C(c1ccc(Cl)cc1)c1ccc(OC(C)(C)C(=O)N/C(N=N)=N/N)cc1. The van der Waals surface area contributed by atoms with Crippen LogP contribution >= 0.6 is 11.6 Å². The van der Waals surface area contributed by atoms with Crippen molar-refractivity contribution >= 4 is 29.0 Å². The van der Waals surface area contributed by atoms with Crippen molar-refractivity contribution in [3.05, 3.63) is 71.3 Å². The summed E-state index contributed by atoms with van der Waals surface area (Å²) in [5, 5.41) is 9.17. The van der Waals surface area contributed by atoms with Crippen LogP contribution in [0.5, 0.6) is 5.75 Å². The Hall–Kier alpha value is -3.19. The third kappa shape index (κ3) is 5.15. The van der Waals surface area contributed by atoms with Crippen LogP contribution in [0.2, 0.25) is 5.02 Å². The van der Waals surface area contributed by atoms with E-state index in [2.05, 4.69) is 22.1 Å². The van der Waals surface area contributed by atoms with E-state index >= 15 is 0 Å². The van der Waals surface area contributed by atoms with Crippen molar-refractivity contribution in [2.75, 3.05) is 0 Å². The molecule has 0 aliphatic rings. The van der Waals surface area contributed by atoms with Crippen molar-refractivity contribution < 1.29 is 9.53 Å². The number of nitrogens with zero attached hydrogens (tertiary/aromatic N) is 2. The van der Waals surface area contributed by atoms with E-state index in [-0.39, 0.29) is 5.96 Å². The average Bonchev–Trinajstić information content (AvgIpc) is 2.66. The van der Waals surface area contributed by atoms with Crippen LogP contribution in [0, 0.1) is 5.53 Å². The zero-order valence-corrected chi connectivity index (χ0v) is 15.7. The number of nitrogens with one attached hydrogen (secondary N) is 2. The first-order valence-corrected chi connectivity index (χ1v) is 8.35. The Balaban J connectivity index is 2.10. The maximum Gasteiger partial charge on any atom is 0.270 e. The second-order valence-electron chi connectivity index (χ2n) is 6.14. The molecule has 0 fully saturated rings. The summed E-state index contributed by atoms with van der Waals surface area (Å²) in [4.78, 5) is 12.2. The number of hydrogen-bond donors (Lipinski definition) is 3. The number of hydrogen-bond acceptors (Lipinski definition) is 5. The van der Waals surface area contributed by atoms with Crippen LogP contribution < -0.4 is 15.9 Å². The van der Waals surface area contributed by atoms with E-state index in [4.69, 9.17) is 27.7 Å². The van der Waals surface area contributed by atoms with E-state index in [1.807, 2.05) is 36.4 Å². The van der Waals surface area contributed by atoms with Gasteiger partial charge in [0.25, 0.3) is 11.9 Å². The number of carbonyl (C=O) groups excluding carboxylic acids is 1. The summed E-state index contributed by atoms with van der Waals surface area (Å²) in [6.45, 7) is 7.28. The molecule has 4 N–H and O–H groups in total. The fraction of sp³-hybridized carbons (Fsp3) is 0.158. The molecule has 0 saturated heterocycles. The Labute approximate surface area is 162 Å². The number of halogens is 1. The molecule has 2 aromatic carbocycles. The molecule has 8 heteroatoms. The summed E-state index contributed by atoms with van der Waals surface area (Å²) in [6.07, 6.45) is 0. The average molecular weight is 386 g/mol. The first-order chi connectivity index (χ1) is 12.8. The first-order valence-electron chi connectivity index (χ1n) is 7.98.